The van der Waals surface area contributed by atoms with Gasteiger partial charge in [0, 0.05) is 31.4 Å². The summed E-state index contributed by atoms with van der Waals surface area (Å²) in [6.07, 6.45) is 1.64. The fourth-order valence-electron chi connectivity index (χ4n) is 4.94. The quantitative estimate of drug-likeness (QED) is 0.449. The molecule has 37 heavy (non-hydrogen) atoms. The number of anilines is 2. The van der Waals surface area contributed by atoms with Gasteiger partial charge in [-0.3, -0.25) is 9.69 Å². The fraction of sp³-hybridized carbons (Fsp3) is 0.308. The molecule has 3 amide bonds. The van der Waals surface area contributed by atoms with E-state index >= 15 is 0 Å². The summed E-state index contributed by atoms with van der Waals surface area (Å²) in [4.78, 5) is 43.3. The zero-order chi connectivity index (χ0) is 25.9. The lowest BCUT2D eigenvalue weighted by atomic mass is 9.87. The molecule has 0 unspecified atom stereocenters. The molecule has 1 fully saturated rings. The molecule has 6 rings (SSSR count). The minimum atomic E-state index is -0.920. The van der Waals surface area contributed by atoms with Gasteiger partial charge in [-0.05, 0) is 39.0 Å². The van der Waals surface area contributed by atoms with E-state index in [2.05, 4.69) is 15.3 Å². The van der Waals surface area contributed by atoms with Crippen LogP contribution in [0.15, 0.2) is 42.6 Å². The number of carbonyl (C=O) groups excluding carboxylic acids is 2. The van der Waals surface area contributed by atoms with Crippen LogP contribution in [0.5, 0.6) is 0 Å². The summed E-state index contributed by atoms with van der Waals surface area (Å²) < 4.78 is 16.0. The third-order valence-corrected chi connectivity index (χ3v) is 7.04. The van der Waals surface area contributed by atoms with Gasteiger partial charge in [-0.2, -0.15) is 5.10 Å². The van der Waals surface area contributed by atoms with E-state index in [1.54, 1.807) is 58.8 Å². The van der Waals surface area contributed by atoms with Gasteiger partial charge in [-0.15, -0.1) is 0 Å². The number of hydrogen-bond donors (Lipinski definition) is 1. The predicted octanol–water partition coefficient (Wildman–Crippen LogP) is 3.57. The molecule has 4 aromatic rings. The number of nitrogens with one attached hydrogen (secondary N) is 1. The van der Waals surface area contributed by atoms with Crippen LogP contribution in [-0.4, -0.2) is 61.2 Å². The van der Waals surface area contributed by atoms with Crippen molar-refractivity contribution in [3.8, 4) is 11.5 Å². The Bertz CT molecular complexity index is 1580. The van der Waals surface area contributed by atoms with Crippen LogP contribution in [0.25, 0.3) is 22.6 Å². The van der Waals surface area contributed by atoms with Crippen molar-refractivity contribution in [2.75, 3.05) is 29.9 Å². The molecule has 2 aliphatic rings. The van der Waals surface area contributed by atoms with Crippen molar-refractivity contribution >= 4 is 34.6 Å². The summed E-state index contributed by atoms with van der Waals surface area (Å²) >= 11 is 0. The number of hydrogen-bond acceptors (Lipinski definition) is 6. The number of pyridine rings is 1. The van der Waals surface area contributed by atoms with Gasteiger partial charge in [-0.25, -0.2) is 28.8 Å². The first kappa shape index (κ1) is 23.0. The molecule has 11 heteroatoms. The number of fused-ring (bicyclic) bond motifs is 2. The molecule has 0 aliphatic carbocycles. The van der Waals surface area contributed by atoms with Crippen molar-refractivity contribution < 1.29 is 14.0 Å². The first-order valence-corrected chi connectivity index (χ1v) is 12.1. The average molecular weight is 501 g/mol. The third kappa shape index (κ3) is 3.52. The van der Waals surface area contributed by atoms with Crippen molar-refractivity contribution in [1.29, 1.82) is 0 Å². The highest BCUT2D eigenvalue weighted by molar-refractivity contribution is 6.08. The zero-order valence-corrected chi connectivity index (χ0v) is 20.7. The number of urea groups is 1. The van der Waals surface area contributed by atoms with Crippen molar-refractivity contribution in [3.05, 3.63) is 59.5 Å². The average Bonchev–Trinajstić information content (AvgIpc) is 3.51. The van der Waals surface area contributed by atoms with Crippen molar-refractivity contribution in [1.82, 2.24) is 29.6 Å². The number of rotatable bonds is 5. The molecule has 1 saturated heterocycles. The number of nitrogens with zero attached hydrogens (tertiary/aromatic N) is 7. The Kier molecular flexibility index (Phi) is 5.18. The van der Waals surface area contributed by atoms with E-state index in [4.69, 9.17) is 10.1 Å². The molecule has 10 nitrogen and oxygen atoms in total. The van der Waals surface area contributed by atoms with Crippen LogP contribution in [0.3, 0.4) is 0 Å². The number of benzene rings is 1. The summed E-state index contributed by atoms with van der Waals surface area (Å²) in [5.74, 6) is 0.451. The second-order valence-electron chi connectivity index (χ2n) is 9.66. The second-order valence-corrected chi connectivity index (χ2v) is 9.66. The first-order chi connectivity index (χ1) is 17.8. The van der Waals surface area contributed by atoms with Crippen LogP contribution in [0.4, 0.5) is 20.8 Å². The predicted molar refractivity (Wildman–Crippen MR) is 136 cm³/mol. The van der Waals surface area contributed by atoms with Gasteiger partial charge in [0.15, 0.2) is 11.5 Å². The summed E-state index contributed by atoms with van der Waals surface area (Å²) in [6.45, 7) is 7.26. The van der Waals surface area contributed by atoms with Crippen LogP contribution in [-0.2, 0) is 16.8 Å². The maximum Gasteiger partial charge on any atom is 0.325 e. The van der Waals surface area contributed by atoms with E-state index in [1.807, 2.05) is 13.0 Å². The van der Waals surface area contributed by atoms with E-state index in [1.165, 1.54) is 6.07 Å². The Morgan fingerprint density at radius 1 is 1.08 bits per heavy atom. The van der Waals surface area contributed by atoms with E-state index < -0.39 is 5.41 Å². The Hall–Kier alpha value is -4.41. The molecule has 0 bridgehead atoms. The van der Waals surface area contributed by atoms with E-state index in [9.17, 15) is 14.0 Å². The Labute approximate surface area is 212 Å². The largest absolute Gasteiger partial charge is 0.325 e. The van der Waals surface area contributed by atoms with E-state index in [-0.39, 0.29) is 30.1 Å². The van der Waals surface area contributed by atoms with Gasteiger partial charge in [0.2, 0.25) is 5.91 Å². The Morgan fingerprint density at radius 3 is 2.65 bits per heavy atom. The molecule has 5 heterocycles. The molecule has 0 atom stereocenters. The minimum absolute atomic E-state index is 0.165. The highest BCUT2D eigenvalue weighted by Crippen LogP contribution is 2.43. The van der Waals surface area contributed by atoms with Crippen molar-refractivity contribution in [2.24, 2.45) is 0 Å². The summed E-state index contributed by atoms with van der Waals surface area (Å²) in [5, 5.41) is 8.27. The highest BCUT2D eigenvalue weighted by atomic mass is 19.1. The third-order valence-electron chi connectivity index (χ3n) is 7.04. The minimum Gasteiger partial charge on any atom is -0.323 e. The molecular formula is C26H25FN8O2. The lowest BCUT2D eigenvalue weighted by Gasteiger charge is -2.23. The molecular weight excluding hydrogens is 475 g/mol. The van der Waals surface area contributed by atoms with Crippen LogP contribution in [0.2, 0.25) is 0 Å². The molecule has 0 saturated carbocycles. The zero-order valence-electron chi connectivity index (χ0n) is 20.7. The molecule has 1 aromatic carbocycles. The molecule has 3 aromatic heterocycles. The second kappa shape index (κ2) is 8.32. The van der Waals surface area contributed by atoms with Gasteiger partial charge in [0.25, 0.3) is 0 Å². The van der Waals surface area contributed by atoms with Gasteiger partial charge in [0.1, 0.15) is 23.1 Å². The van der Waals surface area contributed by atoms with Crippen LogP contribution < -0.4 is 10.2 Å². The first-order valence-electron chi connectivity index (χ1n) is 12.1. The van der Waals surface area contributed by atoms with Gasteiger partial charge >= 0.3 is 6.03 Å². The monoisotopic (exact) mass is 500 g/mol. The summed E-state index contributed by atoms with van der Waals surface area (Å²) in [6, 6.07) is 9.98. The maximum atomic E-state index is 14.4. The van der Waals surface area contributed by atoms with E-state index in [0.717, 1.165) is 0 Å². The molecule has 1 N–H and O–H groups in total. The normalized spacial score (nSPS) is 16.5. The van der Waals surface area contributed by atoms with Crippen LogP contribution >= 0.6 is 0 Å². The molecule has 2 aliphatic heterocycles. The fourth-order valence-corrected chi connectivity index (χ4v) is 4.94. The summed E-state index contributed by atoms with van der Waals surface area (Å²) in [5.41, 5.74) is 1.11. The van der Waals surface area contributed by atoms with E-state index in [0.29, 0.717) is 59.1 Å². The smallest absolute Gasteiger partial charge is 0.323 e. The number of amides is 3. The van der Waals surface area contributed by atoms with Crippen molar-refractivity contribution in [3.63, 3.8) is 0 Å². The van der Waals surface area contributed by atoms with Gasteiger partial charge in [0.05, 0.1) is 22.9 Å². The highest BCUT2D eigenvalue weighted by Gasteiger charge is 2.46. The van der Waals surface area contributed by atoms with Crippen LogP contribution in [0.1, 0.15) is 31.9 Å². The van der Waals surface area contributed by atoms with Crippen molar-refractivity contribution in [2.45, 2.75) is 32.7 Å². The Morgan fingerprint density at radius 2 is 1.89 bits per heavy atom. The molecule has 0 spiro atoms. The van der Waals surface area contributed by atoms with Gasteiger partial charge in [-0.1, -0.05) is 18.2 Å². The summed E-state index contributed by atoms with van der Waals surface area (Å²) in [7, 11) is 0. The lowest BCUT2D eigenvalue weighted by Crippen LogP contribution is -2.35. The number of halogens is 1. The number of likely N-dealkylation sites (N-methyl/N-ethyl adjacent to an activating group) is 1. The van der Waals surface area contributed by atoms with Crippen LogP contribution in [0, 0.1) is 5.82 Å². The SMILES string of the molecule is CCN1CCN(c2nc(-c3nn(Cc4ccccc4F)c4ncccc34)nc3c2C(C)(C)C(=O)N3)C1=O. The molecule has 0 radical (unpaired) electrons. The molecule has 188 valence electrons. The Balaban J connectivity index is 1.53. The standard InChI is InChI=1S/C26H25FN8O2/c1-4-33-12-13-34(25(33)37)23-18-20(31-24(36)26(18,2)3)29-21(30-23)19-16-9-7-11-28-22(16)35(32-19)14-15-8-5-6-10-17(15)27/h5-11H,4,12-14H2,1-3H3,(H,29,30,31,36). The van der Waals surface area contributed by atoms with Gasteiger partial charge < -0.3 is 10.2 Å². The lowest BCUT2D eigenvalue weighted by molar-refractivity contribution is -0.119. The number of carbonyl (C=O) groups is 2. The number of aromatic nitrogens is 5. The maximum absolute atomic E-state index is 14.4. The topological polar surface area (TPSA) is 109 Å².